The Morgan fingerprint density at radius 2 is 2.18 bits per heavy atom. The van der Waals surface area contributed by atoms with Gasteiger partial charge in [0.25, 0.3) is 0 Å². The van der Waals surface area contributed by atoms with E-state index in [9.17, 15) is 4.79 Å². The lowest BCUT2D eigenvalue weighted by Crippen LogP contribution is -2.36. The molecule has 0 radical (unpaired) electrons. The van der Waals surface area contributed by atoms with Crippen LogP contribution in [-0.4, -0.2) is 31.0 Å². The zero-order valence-electron chi connectivity index (χ0n) is 13.3. The molecule has 0 aromatic rings. The van der Waals surface area contributed by atoms with E-state index in [2.05, 4.69) is 28.9 Å². The molecule has 4 rings (SSSR count). The number of carbonyl (C=O) groups is 1. The molecule has 2 fully saturated rings. The summed E-state index contributed by atoms with van der Waals surface area (Å²) in [7, 11) is 0. The average molecular weight is 300 g/mol. The molecule has 0 saturated carbocycles. The SMILES string of the molecule is O=CCCCC1NC2C=C(C3C=CC4CCNC4CC3)C1C2. The minimum Gasteiger partial charge on any atom is -0.313 e. The predicted molar refractivity (Wildman–Crippen MR) is 88.6 cm³/mol. The highest BCUT2D eigenvalue weighted by atomic mass is 16.1. The van der Waals surface area contributed by atoms with Crippen molar-refractivity contribution in [1.29, 1.82) is 0 Å². The van der Waals surface area contributed by atoms with Gasteiger partial charge in [0, 0.05) is 24.5 Å². The first-order valence-electron chi connectivity index (χ1n) is 9.18. The lowest BCUT2D eigenvalue weighted by molar-refractivity contribution is -0.107. The summed E-state index contributed by atoms with van der Waals surface area (Å²) in [6, 6.07) is 1.93. The Labute approximate surface area is 133 Å². The van der Waals surface area contributed by atoms with Gasteiger partial charge in [0.05, 0.1) is 0 Å². The summed E-state index contributed by atoms with van der Waals surface area (Å²) in [6.07, 6.45) is 16.7. The second-order valence-corrected chi connectivity index (χ2v) is 7.57. The van der Waals surface area contributed by atoms with Gasteiger partial charge in [-0.2, -0.15) is 0 Å². The van der Waals surface area contributed by atoms with Crippen molar-refractivity contribution in [1.82, 2.24) is 10.6 Å². The number of aldehydes is 1. The lowest BCUT2D eigenvalue weighted by atomic mass is 9.82. The van der Waals surface area contributed by atoms with Gasteiger partial charge in [-0.05, 0) is 62.8 Å². The lowest BCUT2D eigenvalue weighted by Gasteiger charge is -2.28. The average Bonchev–Trinajstić information content (AvgIpc) is 3.21. The molecule has 2 N–H and O–H groups in total. The van der Waals surface area contributed by atoms with E-state index < -0.39 is 0 Å². The second-order valence-electron chi connectivity index (χ2n) is 7.57. The number of fused-ring (bicyclic) bond motifs is 3. The molecule has 0 aromatic carbocycles. The van der Waals surface area contributed by atoms with Crippen LogP contribution in [0.2, 0.25) is 0 Å². The summed E-state index contributed by atoms with van der Waals surface area (Å²) in [6.45, 7) is 1.19. The molecule has 22 heavy (non-hydrogen) atoms. The normalized spacial score (nSPS) is 43.0. The number of hydrogen-bond donors (Lipinski definition) is 2. The highest BCUT2D eigenvalue weighted by molar-refractivity contribution is 5.49. The summed E-state index contributed by atoms with van der Waals surface area (Å²) >= 11 is 0. The Bertz CT molecular complexity index is 484. The van der Waals surface area contributed by atoms with E-state index in [1.807, 2.05) is 0 Å². The maximum atomic E-state index is 10.5. The third-order valence-electron chi connectivity index (χ3n) is 6.29. The van der Waals surface area contributed by atoms with Gasteiger partial charge in [-0.15, -0.1) is 0 Å². The van der Waals surface area contributed by atoms with E-state index in [0.717, 1.165) is 37.0 Å². The van der Waals surface area contributed by atoms with Gasteiger partial charge in [0.2, 0.25) is 0 Å². The van der Waals surface area contributed by atoms with Gasteiger partial charge in [-0.25, -0.2) is 0 Å². The smallest absolute Gasteiger partial charge is 0.119 e. The van der Waals surface area contributed by atoms with Gasteiger partial charge in [-0.1, -0.05) is 23.8 Å². The number of hydrogen-bond acceptors (Lipinski definition) is 3. The van der Waals surface area contributed by atoms with E-state index in [1.54, 1.807) is 5.57 Å². The molecule has 0 amide bonds. The monoisotopic (exact) mass is 300 g/mol. The Hall–Kier alpha value is -0.930. The molecule has 2 bridgehead atoms. The van der Waals surface area contributed by atoms with Crippen molar-refractivity contribution >= 4 is 6.29 Å². The Morgan fingerprint density at radius 1 is 1.23 bits per heavy atom. The summed E-state index contributed by atoms with van der Waals surface area (Å²) in [4.78, 5) is 10.5. The molecule has 3 heteroatoms. The van der Waals surface area contributed by atoms with Crippen LogP contribution in [0.1, 0.15) is 44.9 Å². The van der Waals surface area contributed by atoms with E-state index in [0.29, 0.717) is 24.4 Å². The summed E-state index contributed by atoms with van der Waals surface area (Å²) in [5, 5.41) is 7.42. The minimum atomic E-state index is 0.593. The number of rotatable bonds is 5. The fourth-order valence-corrected chi connectivity index (χ4v) is 5.19. The van der Waals surface area contributed by atoms with Crippen LogP contribution < -0.4 is 10.6 Å². The van der Waals surface area contributed by atoms with Crippen molar-refractivity contribution in [3.63, 3.8) is 0 Å². The Morgan fingerprint density at radius 3 is 3.05 bits per heavy atom. The fourth-order valence-electron chi connectivity index (χ4n) is 5.19. The van der Waals surface area contributed by atoms with Crippen LogP contribution in [0.25, 0.3) is 0 Å². The van der Waals surface area contributed by atoms with Crippen LogP contribution in [0.3, 0.4) is 0 Å². The predicted octanol–water partition coefficient (Wildman–Crippen LogP) is 2.59. The van der Waals surface area contributed by atoms with Crippen LogP contribution >= 0.6 is 0 Å². The van der Waals surface area contributed by atoms with Crippen LogP contribution in [0.15, 0.2) is 23.8 Å². The van der Waals surface area contributed by atoms with Crippen LogP contribution in [0.5, 0.6) is 0 Å². The van der Waals surface area contributed by atoms with Crippen molar-refractivity contribution < 1.29 is 4.79 Å². The molecular weight excluding hydrogens is 272 g/mol. The molecule has 6 unspecified atom stereocenters. The number of unbranched alkanes of at least 4 members (excludes halogenated alkanes) is 1. The standard InChI is InChI=1S/C19H28N2O/c22-10-2-1-3-19-17-12-15(21-19)11-16(17)13-4-5-14-8-9-20-18(14)7-6-13/h4-5,10-11,13-15,17-21H,1-3,6-9,12H2. The van der Waals surface area contributed by atoms with Crippen molar-refractivity contribution in [3.8, 4) is 0 Å². The van der Waals surface area contributed by atoms with Gasteiger partial charge in [-0.3, -0.25) is 0 Å². The van der Waals surface area contributed by atoms with Crippen molar-refractivity contribution in [3.05, 3.63) is 23.8 Å². The van der Waals surface area contributed by atoms with E-state index in [-0.39, 0.29) is 0 Å². The zero-order valence-corrected chi connectivity index (χ0v) is 13.3. The molecule has 2 saturated heterocycles. The third-order valence-corrected chi connectivity index (χ3v) is 6.29. The quantitative estimate of drug-likeness (QED) is 0.466. The van der Waals surface area contributed by atoms with Gasteiger partial charge < -0.3 is 15.4 Å². The molecule has 2 aliphatic heterocycles. The maximum Gasteiger partial charge on any atom is 0.119 e. The fraction of sp³-hybridized carbons (Fsp3) is 0.737. The van der Waals surface area contributed by atoms with Crippen LogP contribution in [0.4, 0.5) is 0 Å². The van der Waals surface area contributed by atoms with Crippen molar-refractivity contribution in [2.45, 2.75) is 63.1 Å². The number of nitrogens with one attached hydrogen (secondary N) is 2. The van der Waals surface area contributed by atoms with Gasteiger partial charge in [0.1, 0.15) is 6.29 Å². The second kappa shape index (κ2) is 6.29. The molecule has 2 heterocycles. The molecule has 0 spiro atoms. The van der Waals surface area contributed by atoms with Crippen molar-refractivity contribution in [2.75, 3.05) is 6.54 Å². The molecule has 2 aliphatic carbocycles. The highest BCUT2D eigenvalue weighted by Gasteiger charge is 2.42. The maximum absolute atomic E-state index is 10.5. The molecule has 6 atom stereocenters. The minimum absolute atomic E-state index is 0.593. The topological polar surface area (TPSA) is 41.1 Å². The molecule has 4 aliphatic rings. The first-order chi connectivity index (χ1) is 10.8. The van der Waals surface area contributed by atoms with Gasteiger partial charge >= 0.3 is 0 Å². The summed E-state index contributed by atoms with van der Waals surface area (Å²) in [5.74, 6) is 2.15. The summed E-state index contributed by atoms with van der Waals surface area (Å²) < 4.78 is 0. The third kappa shape index (κ3) is 2.69. The Balaban J connectivity index is 1.42. The number of allylic oxidation sites excluding steroid dienone is 1. The highest BCUT2D eigenvalue weighted by Crippen LogP contribution is 2.44. The number of carbonyl (C=O) groups excluding carboxylic acids is 1. The molecular formula is C19H28N2O. The van der Waals surface area contributed by atoms with Crippen molar-refractivity contribution in [2.24, 2.45) is 17.8 Å². The van der Waals surface area contributed by atoms with Gasteiger partial charge in [0.15, 0.2) is 0 Å². The summed E-state index contributed by atoms with van der Waals surface area (Å²) in [5.41, 5.74) is 1.70. The Kier molecular flexibility index (Phi) is 4.19. The largest absolute Gasteiger partial charge is 0.313 e. The van der Waals surface area contributed by atoms with E-state index >= 15 is 0 Å². The first-order valence-corrected chi connectivity index (χ1v) is 9.18. The van der Waals surface area contributed by atoms with Crippen LogP contribution in [-0.2, 0) is 4.79 Å². The van der Waals surface area contributed by atoms with E-state index in [4.69, 9.17) is 0 Å². The first kappa shape index (κ1) is 14.6. The zero-order chi connectivity index (χ0) is 14.9. The van der Waals surface area contributed by atoms with Crippen LogP contribution in [0, 0.1) is 17.8 Å². The van der Waals surface area contributed by atoms with E-state index in [1.165, 1.54) is 32.2 Å². The molecule has 0 aromatic heterocycles. The molecule has 120 valence electrons. The molecule has 3 nitrogen and oxygen atoms in total.